The summed E-state index contributed by atoms with van der Waals surface area (Å²) < 4.78 is 5.37. The van der Waals surface area contributed by atoms with E-state index in [2.05, 4.69) is 44.3 Å². The molecule has 0 saturated carbocycles. The van der Waals surface area contributed by atoms with E-state index in [9.17, 15) is 0 Å². The van der Waals surface area contributed by atoms with E-state index >= 15 is 0 Å². The minimum Gasteiger partial charge on any atom is -0.495 e. The second-order valence-corrected chi connectivity index (χ2v) is 4.93. The summed E-state index contributed by atoms with van der Waals surface area (Å²) in [6.45, 7) is 6.45. The minimum absolute atomic E-state index is 0.246. The van der Waals surface area contributed by atoms with E-state index in [1.807, 2.05) is 24.3 Å². The molecule has 2 heteroatoms. The van der Waals surface area contributed by atoms with Crippen molar-refractivity contribution in [2.24, 2.45) is 0 Å². The van der Waals surface area contributed by atoms with Crippen molar-refractivity contribution in [3.8, 4) is 5.75 Å². The molecule has 2 aromatic rings. The third-order valence-electron chi connectivity index (χ3n) is 3.38. The molecule has 0 aliphatic heterocycles. The van der Waals surface area contributed by atoms with Gasteiger partial charge in [-0.3, -0.25) is 0 Å². The maximum atomic E-state index is 5.37. The van der Waals surface area contributed by atoms with Crippen molar-refractivity contribution in [1.29, 1.82) is 0 Å². The van der Waals surface area contributed by atoms with Crippen LogP contribution >= 0.6 is 0 Å². The number of benzene rings is 2. The first-order chi connectivity index (χ1) is 9.11. The number of rotatable bonds is 4. The number of nitrogens with one attached hydrogen (secondary N) is 1. The topological polar surface area (TPSA) is 21.3 Å². The van der Waals surface area contributed by atoms with Crippen LogP contribution in [0.3, 0.4) is 0 Å². The summed E-state index contributed by atoms with van der Waals surface area (Å²) in [4.78, 5) is 0. The fourth-order valence-electron chi connectivity index (χ4n) is 2.30. The lowest BCUT2D eigenvalue weighted by atomic mass is 10.00. The summed E-state index contributed by atoms with van der Waals surface area (Å²) in [6.07, 6.45) is 0. The second-order valence-electron chi connectivity index (χ2n) is 4.93. The van der Waals surface area contributed by atoms with Crippen molar-refractivity contribution >= 4 is 5.69 Å². The van der Waals surface area contributed by atoms with Gasteiger partial charge >= 0.3 is 0 Å². The zero-order valence-corrected chi connectivity index (χ0v) is 12.0. The quantitative estimate of drug-likeness (QED) is 0.869. The molecule has 0 spiro atoms. The molecule has 1 unspecified atom stereocenters. The summed E-state index contributed by atoms with van der Waals surface area (Å²) >= 11 is 0. The molecule has 0 bridgehead atoms. The van der Waals surface area contributed by atoms with Gasteiger partial charge in [-0.15, -0.1) is 0 Å². The summed E-state index contributed by atoms with van der Waals surface area (Å²) in [5, 5.41) is 3.52. The molecule has 2 nitrogen and oxygen atoms in total. The van der Waals surface area contributed by atoms with E-state index in [1.54, 1.807) is 7.11 Å². The highest BCUT2D eigenvalue weighted by Crippen LogP contribution is 2.29. The average molecular weight is 255 g/mol. The van der Waals surface area contributed by atoms with Crippen LogP contribution in [0.2, 0.25) is 0 Å². The number of aryl methyl sites for hydroxylation is 2. The first-order valence-corrected chi connectivity index (χ1v) is 6.58. The predicted molar refractivity (Wildman–Crippen MR) is 80.9 cm³/mol. The van der Waals surface area contributed by atoms with E-state index in [0.29, 0.717) is 0 Å². The van der Waals surface area contributed by atoms with Crippen LogP contribution in [-0.2, 0) is 0 Å². The third-order valence-corrected chi connectivity index (χ3v) is 3.38. The van der Waals surface area contributed by atoms with Crippen LogP contribution in [0.4, 0.5) is 5.69 Å². The molecule has 0 aromatic heterocycles. The maximum absolute atomic E-state index is 5.37. The molecule has 0 aliphatic carbocycles. The Kier molecular flexibility index (Phi) is 4.10. The maximum Gasteiger partial charge on any atom is 0.141 e. The normalized spacial score (nSPS) is 12.0. The minimum atomic E-state index is 0.246. The zero-order chi connectivity index (χ0) is 13.8. The predicted octanol–water partition coefficient (Wildman–Crippen LogP) is 4.49. The fraction of sp³-hybridized carbons (Fsp3) is 0.294. The SMILES string of the molecule is COc1ccccc1NC(C)c1cc(C)ccc1C. The molecule has 0 fully saturated rings. The Balaban J connectivity index is 2.25. The standard InChI is InChI=1S/C17H21NO/c1-12-9-10-13(2)15(11-12)14(3)18-16-7-5-6-8-17(16)19-4/h5-11,14,18H,1-4H3. The molecule has 0 amide bonds. The Morgan fingerprint density at radius 3 is 2.53 bits per heavy atom. The van der Waals surface area contributed by atoms with Gasteiger partial charge in [0.15, 0.2) is 0 Å². The van der Waals surface area contributed by atoms with Crippen molar-refractivity contribution < 1.29 is 4.74 Å². The monoisotopic (exact) mass is 255 g/mol. The first-order valence-electron chi connectivity index (χ1n) is 6.58. The van der Waals surface area contributed by atoms with Crippen molar-refractivity contribution in [2.75, 3.05) is 12.4 Å². The van der Waals surface area contributed by atoms with Crippen molar-refractivity contribution in [1.82, 2.24) is 0 Å². The Morgan fingerprint density at radius 2 is 1.79 bits per heavy atom. The van der Waals surface area contributed by atoms with Crippen molar-refractivity contribution in [3.05, 3.63) is 59.2 Å². The Morgan fingerprint density at radius 1 is 1.05 bits per heavy atom. The number of anilines is 1. The molecule has 100 valence electrons. The van der Waals surface area contributed by atoms with E-state index in [4.69, 9.17) is 4.74 Å². The van der Waals surface area contributed by atoms with Crippen LogP contribution in [0.25, 0.3) is 0 Å². The molecule has 2 rings (SSSR count). The fourth-order valence-corrected chi connectivity index (χ4v) is 2.30. The summed E-state index contributed by atoms with van der Waals surface area (Å²) in [7, 11) is 1.70. The molecule has 0 radical (unpaired) electrons. The van der Waals surface area contributed by atoms with Gasteiger partial charge in [0.05, 0.1) is 12.8 Å². The van der Waals surface area contributed by atoms with Crippen LogP contribution in [0.1, 0.15) is 29.7 Å². The Hall–Kier alpha value is -1.96. The number of para-hydroxylation sites is 2. The van der Waals surface area contributed by atoms with Gasteiger partial charge in [-0.2, -0.15) is 0 Å². The van der Waals surface area contributed by atoms with Gasteiger partial charge in [0.2, 0.25) is 0 Å². The van der Waals surface area contributed by atoms with Gasteiger partial charge in [-0.25, -0.2) is 0 Å². The molecule has 1 atom stereocenters. The molecular formula is C17H21NO. The van der Waals surface area contributed by atoms with Gasteiger partial charge in [-0.1, -0.05) is 35.9 Å². The number of hydrogen-bond acceptors (Lipinski definition) is 2. The van der Waals surface area contributed by atoms with E-state index in [1.165, 1.54) is 16.7 Å². The first kappa shape index (κ1) is 13.5. The van der Waals surface area contributed by atoms with Crippen LogP contribution in [0, 0.1) is 13.8 Å². The Labute approximate surface area is 115 Å². The highest BCUT2D eigenvalue weighted by atomic mass is 16.5. The zero-order valence-electron chi connectivity index (χ0n) is 12.0. The van der Waals surface area contributed by atoms with E-state index < -0.39 is 0 Å². The summed E-state index contributed by atoms with van der Waals surface area (Å²) in [5.74, 6) is 0.875. The van der Waals surface area contributed by atoms with Crippen LogP contribution < -0.4 is 10.1 Å². The number of methoxy groups -OCH3 is 1. The largest absolute Gasteiger partial charge is 0.495 e. The number of hydrogen-bond donors (Lipinski definition) is 1. The lowest BCUT2D eigenvalue weighted by Crippen LogP contribution is -2.09. The van der Waals surface area contributed by atoms with Crippen molar-refractivity contribution in [2.45, 2.75) is 26.8 Å². The lowest BCUT2D eigenvalue weighted by Gasteiger charge is -2.20. The smallest absolute Gasteiger partial charge is 0.141 e. The molecule has 1 N–H and O–H groups in total. The third kappa shape index (κ3) is 3.08. The van der Waals surface area contributed by atoms with Crippen LogP contribution in [0.15, 0.2) is 42.5 Å². The molecular weight excluding hydrogens is 234 g/mol. The van der Waals surface area contributed by atoms with Crippen molar-refractivity contribution in [3.63, 3.8) is 0 Å². The molecule has 19 heavy (non-hydrogen) atoms. The molecule has 2 aromatic carbocycles. The summed E-state index contributed by atoms with van der Waals surface area (Å²) in [6, 6.07) is 14.8. The van der Waals surface area contributed by atoms with Gasteiger partial charge in [0.1, 0.15) is 5.75 Å². The summed E-state index contributed by atoms with van der Waals surface area (Å²) in [5.41, 5.74) is 4.94. The second kappa shape index (κ2) is 5.79. The van der Waals surface area contributed by atoms with Gasteiger partial charge in [0.25, 0.3) is 0 Å². The van der Waals surface area contributed by atoms with E-state index in [-0.39, 0.29) is 6.04 Å². The Bertz CT molecular complexity index is 563. The highest BCUT2D eigenvalue weighted by molar-refractivity contribution is 5.57. The van der Waals surface area contributed by atoms with Crippen LogP contribution in [0.5, 0.6) is 5.75 Å². The molecule has 0 aliphatic rings. The molecule has 0 saturated heterocycles. The van der Waals surface area contributed by atoms with Gasteiger partial charge in [-0.05, 0) is 44.0 Å². The van der Waals surface area contributed by atoms with Crippen LogP contribution in [-0.4, -0.2) is 7.11 Å². The lowest BCUT2D eigenvalue weighted by molar-refractivity contribution is 0.416. The highest BCUT2D eigenvalue weighted by Gasteiger charge is 2.10. The van der Waals surface area contributed by atoms with Gasteiger partial charge in [0, 0.05) is 6.04 Å². The average Bonchev–Trinajstić information content (AvgIpc) is 2.42. The molecule has 0 heterocycles. The van der Waals surface area contributed by atoms with E-state index in [0.717, 1.165) is 11.4 Å². The number of ether oxygens (including phenoxy) is 1. The van der Waals surface area contributed by atoms with Gasteiger partial charge < -0.3 is 10.1 Å².